The van der Waals surface area contributed by atoms with Crippen molar-refractivity contribution in [3.8, 4) is 0 Å². The average molecular weight is 196 g/mol. The number of amidine groups is 1. The molecule has 3 nitrogen and oxygen atoms in total. The second-order valence-corrected chi connectivity index (χ2v) is 4.53. The van der Waals surface area contributed by atoms with Crippen LogP contribution < -0.4 is 0 Å². The van der Waals surface area contributed by atoms with Gasteiger partial charge in [0.05, 0.1) is 11.9 Å². The van der Waals surface area contributed by atoms with E-state index >= 15 is 0 Å². The minimum Gasteiger partial charge on any atom is -0.376 e. The molecule has 14 heavy (non-hydrogen) atoms. The van der Waals surface area contributed by atoms with E-state index < -0.39 is 0 Å². The van der Waals surface area contributed by atoms with Crippen LogP contribution >= 0.6 is 0 Å². The van der Waals surface area contributed by atoms with Crippen molar-refractivity contribution in [2.75, 3.05) is 20.2 Å². The molecule has 0 aromatic rings. The molecule has 1 N–H and O–H groups in total. The summed E-state index contributed by atoms with van der Waals surface area (Å²) >= 11 is 0. The molecule has 1 saturated heterocycles. The SMILES string of the molecule is CN(CC1CCCCO1)C(=N)C1CC1. The van der Waals surface area contributed by atoms with Crippen molar-refractivity contribution in [2.24, 2.45) is 5.92 Å². The fraction of sp³-hybridized carbons (Fsp3) is 0.909. The molecule has 1 aliphatic heterocycles. The van der Waals surface area contributed by atoms with Crippen molar-refractivity contribution in [2.45, 2.75) is 38.2 Å². The third-order valence-corrected chi connectivity index (χ3v) is 3.13. The van der Waals surface area contributed by atoms with E-state index in [1.54, 1.807) is 0 Å². The van der Waals surface area contributed by atoms with Crippen LogP contribution in [0.25, 0.3) is 0 Å². The molecule has 1 aliphatic carbocycles. The summed E-state index contributed by atoms with van der Waals surface area (Å²) in [5.74, 6) is 1.38. The van der Waals surface area contributed by atoms with Gasteiger partial charge in [-0.2, -0.15) is 0 Å². The first kappa shape index (κ1) is 9.97. The summed E-state index contributed by atoms with van der Waals surface area (Å²) in [5, 5.41) is 7.90. The van der Waals surface area contributed by atoms with E-state index in [1.165, 1.54) is 32.1 Å². The Morgan fingerprint density at radius 3 is 2.71 bits per heavy atom. The van der Waals surface area contributed by atoms with Gasteiger partial charge in [0.25, 0.3) is 0 Å². The molecule has 0 spiro atoms. The molecular weight excluding hydrogens is 176 g/mol. The summed E-state index contributed by atoms with van der Waals surface area (Å²) in [7, 11) is 2.03. The van der Waals surface area contributed by atoms with E-state index in [0.717, 1.165) is 19.0 Å². The van der Waals surface area contributed by atoms with Crippen molar-refractivity contribution < 1.29 is 4.74 Å². The lowest BCUT2D eigenvalue weighted by Gasteiger charge is -2.28. The zero-order valence-electron chi connectivity index (χ0n) is 8.96. The van der Waals surface area contributed by atoms with Gasteiger partial charge in [-0.05, 0) is 32.1 Å². The second-order valence-electron chi connectivity index (χ2n) is 4.53. The van der Waals surface area contributed by atoms with Gasteiger partial charge in [0.2, 0.25) is 0 Å². The molecule has 0 aromatic heterocycles. The molecule has 2 rings (SSSR count). The smallest absolute Gasteiger partial charge is 0.0987 e. The Kier molecular flexibility index (Phi) is 3.06. The molecule has 0 radical (unpaired) electrons. The van der Waals surface area contributed by atoms with E-state index in [4.69, 9.17) is 10.1 Å². The second kappa shape index (κ2) is 4.30. The summed E-state index contributed by atoms with van der Waals surface area (Å²) < 4.78 is 5.66. The number of hydrogen-bond donors (Lipinski definition) is 1. The predicted molar refractivity (Wildman–Crippen MR) is 56.7 cm³/mol. The number of rotatable bonds is 3. The summed E-state index contributed by atoms with van der Waals surface area (Å²) in [6.45, 7) is 1.82. The summed E-state index contributed by atoms with van der Waals surface area (Å²) in [5.41, 5.74) is 0. The largest absolute Gasteiger partial charge is 0.376 e. The molecule has 1 heterocycles. The molecule has 3 heteroatoms. The topological polar surface area (TPSA) is 36.3 Å². The van der Waals surface area contributed by atoms with Gasteiger partial charge in [0.15, 0.2) is 0 Å². The van der Waals surface area contributed by atoms with Crippen LogP contribution in [0, 0.1) is 11.3 Å². The molecule has 80 valence electrons. The molecule has 2 fully saturated rings. The highest BCUT2D eigenvalue weighted by molar-refractivity contribution is 5.83. The molecule has 1 saturated carbocycles. The van der Waals surface area contributed by atoms with Crippen LogP contribution in [-0.4, -0.2) is 37.0 Å². The molecule has 1 atom stereocenters. The number of nitrogens with zero attached hydrogens (tertiary/aromatic N) is 1. The Bertz CT molecular complexity index is 207. The van der Waals surface area contributed by atoms with Crippen LogP contribution in [0.5, 0.6) is 0 Å². The van der Waals surface area contributed by atoms with Crippen molar-refractivity contribution in [3.63, 3.8) is 0 Å². The van der Waals surface area contributed by atoms with Crippen molar-refractivity contribution in [1.82, 2.24) is 4.90 Å². The van der Waals surface area contributed by atoms with Gasteiger partial charge in [-0.15, -0.1) is 0 Å². The fourth-order valence-electron chi connectivity index (χ4n) is 2.02. The van der Waals surface area contributed by atoms with E-state index in [1.807, 2.05) is 7.05 Å². The van der Waals surface area contributed by atoms with Gasteiger partial charge in [-0.25, -0.2) is 0 Å². The van der Waals surface area contributed by atoms with Gasteiger partial charge in [0, 0.05) is 26.1 Å². The highest BCUT2D eigenvalue weighted by Crippen LogP contribution is 2.31. The Morgan fingerprint density at radius 1 is 1.36 bits per heavy atom. The molecule has 0 bridgehead atoms. The van der Waals surface area contributed by atoms with Gasteiger partial charge < -0.3 is 9.64 Å². The highest BCUT2D eigenvalue weighted by atomic mass is 16.5. The highest BCUT2D eigenvalue weighted by Gasteiger charge is 2.29. The molecular formula is C11H20N2O. The first-order valence-corrected chi connectivity index (χ1v) is 5.68. The van der Waals surface area contributed by atoms with Crippen molar-refractivity contribution in [1.29, 1.82) is 5.41 Å². The minimum absolute atomic E-state index is 0.368. The first-order chi connectivity index (χ1) is 6.77. The van der Waals surface area contributed by atoms with E-state index in [-0.39, 0.29) is 0 Å². The standard InChI is InChI=1S/C11H20N2O/c1-13(11(12)9-5-6-9)8-10-4-2-3-7-14-10/h9-10,12H,2-8H2,1H3. The summed E-state index contributed by atoms with van der Waals surface area (Å²) in [6.07, 6.45) is 6.47. The maximum Gasteiger partial charge on any atom is 0.0987 e. The normalized spacial score (nSPS) is 27.4. The minimum atomic E-state index is 0.368. The van der Waals surface area contributed by atoms with Gasteiger partial charge in [0.1, 0.15) is 0 Å². The van der Waals surface area contributed by atoms with Crippen LogP contribution in [0.2, 0.25) is 0 Å². The van der Waals surface area contributed by atoms with Gasteiger partial charge in [-0.1, -0.05) is 0 Å². The number of hydrogen-bond acceptors (Lipinski definition) is 2. The molecule has 0 aromatic carbocycles. The maximum absolute atomic E-state index is 7.90. The first-order valence-electron chi connectivity index (χ1n) is 5.68. The Balaban J connectivity index is 1.74. The van der Waals surface area contributed by atoms with Gasteiger partial charge in [-0.3, -0.25) is 5.41 Å². The summed E-state index contributed by atoms with van der Waals surface area (Å²) in [6, 6.07) is 0. The summed E-state index contributed by atoms with van der Waals surface area (Å²) in [4.78, 5) is 2.08. The monoisotopic (exact) mass is 196 g/mol. The van der Waals surface area contributed by atoms with E-state index in [0.29, 0.717) is 12.0 Å². The lowest BCUT2D eigenvalue weighted by molar-refractivity contribution is 0.00677. The molecule has 0 amide bonds. The van der Waals surface area contributed by atoms with Crippen molar-refractivity contribution in [3.05, 3.63) is 0 Å². The zero-order chi connectivity index (χ0) is 9.97. The lowest BCUT2D eigenvalue weighted by atomic mass is 10.1. The quantitative estimate of drug-likeness (QED) is 0.552. The number of nitrogens with one attached hydrogen (secondary N) is 1. The zero-order valence-corrected chi connectivity index (χ0v) is 8.96. The maximum atomic E-state index is 7.90. The van der Waals surface area contributed by atoms with Crippen LogP contribution in [0.4, 0.5) is 0 Å². The third kappa shape index (κ3) is 2.47. The molecule has 1 unspecified atom stereocenters. The number of likely N-dealkylation sites (N-methyl/N-ethyl adjacent to an activating group) is 1. The van der Waals surface area contributed by atoms with E-state index in [2.05, 4.69) is 4.90 Å². The number of ether oxygens (including phenoxy) is 1. The fourth-order valence-corrected chi connectivity index (χ4v) is 2.02. The van der Waals surface area contributed by atoms with Gasteiger partial charge >= 0.3 is 0 Å². The van der Waals surface area contributed by atoms with E-state index in [9.17, 15) is 0 Å². The molecule has 2 aliphatic rings. The lowest BCUT2D eigenvalue weighted by Crippen LogP contribution is -2.37. The van der Waals surface area contributed by atoms with Crippen LogP contribution in [0.3, 0.4) is 0 Å². The Hall–Kier alpha value is -0.570. The average Bonchev–Trinajstić information content (AvgIpc) is 3.01. The Labute approximate surface area is 85.9 Å². The van der Waals surface area contributed by atoms with Crippen LogP contribution in [-0.2, 0) is 4.74 Å². The van der Waals surface area contributed by atoms with Crippen LogP contribution in [0.1, 0.15) is 32.1 Å². The third-order valence-electron chi connectivity index (χ3n) is 3.13. The predicted octanol–water partition coefficient (Wildman–Crippen LogP) is 1.87. The Morgan fingerprint density at radius 2 is 2.14 bits per heavy atom. The van der Waals surface area contributed by atoms with Crippen molar-refractivity contribution >= 4 is 5.84 Å². The van der Waals surface area contributed by atoms with Crippen LogP contribution in [0.15, 0.2) is 0 Å².